The van der Waals surface area contributed by atoms with Crippen LogP contribution in [-0.4, -0.2) is 61.6 Å². The van der Waals surface area contributed by atoms with Crippen molar-refractivity contribution in [1.29, 1.82) is 0 Å². The van der Waals surface area contributed by atoms with Crippen LogP contribution in [0.3, 0.4) is 0 Å². The number of urea groups is 1. The molecule has 0 bridgehead atoms. The van der Waals surface area contributed by atoms with Crippen LogP contribution in [0, 0.1) is 13.8 Å². The summed E-state index contributed by atoms with van der Waals surface area (Å²) in [6.07, 6.45) is 1.25. The lowest BCUT2D eigenvalue weighted by atomic mass is 10.0. The summed E-state index contributed by atoms with van der Waals surface area (Å²) in [5, 5.41) is 2.88. The normalized spacial score (nSPS) is 14.4. The second-order valence-electron chi connectivity index (χ2n) is 6.54. The molecule has 138 valence electrons. The fraction of sp³-hybridized carbons (Fsp3) is 0.579. The van der Waals surface area contributed by atoms with Gasteiger partial charge in [-0.05, 0) is 37.5 Å². The number of rotatable bonds is 5. The standard InChI is InChI=1S/C19H29N3O3/c1-5-6-20-19(24)22-9-7-21(8-10-22)18(23)13-16-15(3)11-14(2)12-17(16)25-4/h11-12H,5-10,13H2,1-4H3,(H,20,24). The van der Waals surface area contributed by atoms with Crippen molar-refractivity contribution < 1.29 is 14.3 Å². The molecule has 1 fully saturated rings. The predicted molar refractivity (Wildman–Crippen MR) is 98.0 cm³/mol. The molecule has 0 aliphatic carbocycles. The van der Waals surface area contributed by atoms with Gasteiger partial charge in [-0.15, -0.1) is 0 Å². The van der Waals surface area contributed by atoms with E-state index in [2.05, 4.69) is 11.4 Å². The monoisotopic (exact) mass is 347 g/mol. The zero-order valence-corrected chi connectivity index (χ0v) is 15.7. The maximum absolute atomic E-state index is 12.7. The molecule has 0 aromatic heterocycles. The topological polar surface area (TPSA) is 61.9 Å². The molecule has 6 heteroatoms. The molecular formula is C19H29N3O3. The molecule has 0 atom stereocenters. The van der Waals surface area contributed by atoms with Crippen LogP contribution in [0.1, 0.15) is 30.0 Å². The number of hydrogen-bond acceptors (Lipinski definition) is 3. The number of hydrogen-bond donors (Lipinski definition) is 1. The first kappa shape index (κ1) is 19.1. The molecule has 0 saturated carbocycles. The number of carbonyl (C=O) groups excluding carboxylic acids is 2. The fourth-order valence-corrected chi connectivity index (χ4v) is 3.13. The van der Waals surface area contributed by atoms with Crippen LogP contribution < -0.4 is 10.1 Å². The first-order chi connectivity index (χ1) is 12.0. The third-order valence-electron chi connectivity index (χ3n) is 4.57. The van der Waals surface area contributed by atoms with E-state index in [-0.39, 0.29) is 11.9 Å². The van der Waals surface area contributed by atoms with Gasteiger partial charge in [0.05, 0.1) is 13.5 Å². The molecule has 6 nitrogen and oxygen atoms in total. The second kappa shape index (κ2) is 8.74. The van der Waals surface area contributed by atoms with E-state index < -0.39 is 0 Å². The van der Waals surface area contributed by atoms with Crippen LogP contribution in [0.2, 0.25) is 0 Å². The Kier molecular flexibility index (Phi) is 6.67. The molecule has 1 aliphatic heterocycles. The van der Waals surface area contributed by atoms with E-state index in [0.717, 1.165) is 28.9 Å². The van der Waals surface area contributed by atoms with Gasteiger partial charge in [-0.25, -0.2) is 4.79 Å². The lowest BCUT2D eigenvalue weighted by Crippen LogP contribution is -2.53. The van der Waals surface area contributed by atoms with E-state index in [1.165, 1.54) is 0 Å². The molecule has 3 amide bonds. The SMILES string of the molecule is CCCNC(=O)N1CCN(C(=O)Cc2c(C)cc(C)cc2OC)CC1. The first-order valence-electron chi connectivity index (χ1n) is 8.91. The Balaban J connectivity index is 1.94. The van der Waals surface area contributed by atoms with Crippen LogP contribution in [0.25, 0.3) is 0 Å². The number of ether oxygens (including phenoxy) is 1. The number of carbonyl (C=O) groups is 2. The van der Waals surface area contributed by atoms with Crippen molar-refractivity contribution in [3.63, 3.8) is 0 Å². The third-order valence-corrected chi connectivity index (χ3v) is 4.57. The van der Waals surface area contributed by atoms with Crippen molar-refractivity contribution in [3.8, 4) is 5.75 Å². The van der Waals surface area contributed by atoms with Crippen LogP contribution in [0.15, 0.2) is 12.1 Å². The van der Waals surface area contributed by atoms with E-state index in [1.54, 1.807) is 12.0 Å². The zero-order chi connectivity index (χ0) is 18.4. The number of nitrogens with one attached hydrogen (secondary N) is 1. The third kappa shape index (κ3) is 4.87. The highest BCUT2D eigenvalue weighted by Gasteiger charge is 2.25. The quantitative estimate of drug-likeness (QED) is 0.887. The number of piperazine rings is 1. The number of benzene rings is 1. The smallest absolute Gasteiger partial charge is 0.317 e. The molecule has 1 aromatic rings. The largest absolute Gasteiger partial charge is 0.496 e. The van der Waals surface area contributed by atoms with Crippen molar-refractivity contribution in [2.75, 3.05) is 39.8 Å². The van der Waals surface area contributed by atoms with Crippen molar-refractivity contribution in [2.24, 2.45) is 0 Å². The van der Waals surface area contributed by atoms with Crippen molar-refractivity contribution in [2.45, 2.75) is 33.6 Å². The molecule has 1 aliphatic rings. The van der Waals surface area contributed by atoms with Crippen LogP contribution >= 0.6 is 0 Å². The van der Waals surface area contributed by atoms with Gasteiger partial charge >= 0.3 is 6.03 Å². The maximum atomic E-state index is 12.7. The summed E-state index contributed by atoms with van der Waals surface area (Å²) in [6, 6.07) is 4.00. The van der Waals surface area contributed by atoms with Crippen molar-refractivity contribution in [3.05, 3.63) is 28.8 Å². The Morgan fingerprint density at radius 1 is 1.12 bits per heavy atom. The van der Waals surface area contributed by atoms with Crippen LogP contribution in [0.4, 0.5) is 4.79 Å². The van der Waals surface area contributed by atoms with E-state index in [0.29, 0.717) is 39.1 Å². The van der Waals surface area contributed by atoms with Gasteiger partial charge in [0.2, 0.25) is 5.91 Å². The maximum Gasteiger partial charge on any atom is 0.317 e. The number of nitrogens with zero attached hydrogens (tertiary/aromatic N) is 2. The summed E-state index contributed by atoms with van der Waals surface area (Å²) in [5.41, 5.74) is 3.14. The van der Waals surface area contributed by atoms with Crippen molar-refractivity contribution in [1.82, 2.24) is 15.1 Å². The van der Waals surface area contributed by atoms with Crippen LogP contribution in [0.5, 0.6) is 5.75 Å². The fourth-order valence-electron chi connectivity index (χ4n) is 3.13. The number of methoxy groups -OCH3 is 1. The minimum Gasteiger partial charge on any atom is -0.496 e. The Bertz CT molecular complexity index is 623. The van der Waals surface area contributed by atoms with Crippen molar-refractivity contribution >= 4 is 11.9 Å². The number of aryl methyl sites for hydroxylation is 2. The average Bonchev–Trinajstić information content (AvgIpc) is 2.61. The summed E-state index contributed by atoms with van der Waals surface area (Å²) >= 11 is 0. The molecule has 1 heterocycles. The Hall–Kier alpha value is -2.24. The van der Waals surface area contributed by atoms with Gasteiger partial charge < -0.3 is 19.9 Å². The zero-order valence-electron chi connectivity index (χ0n) is 15.7. The van der Waals surface area contributed by atoms with E-state index in [4.69, 9.17) is 4.74 Å². The predicted octanol–water partition coefficient (Wildman–Crippen LogP) is 2.12. The average molecular weight is 347 g/mol. The van der Waals surface area contributed by atoms with Gasteiger partial charge in [0.15, 0.2) is 0 Å². The van der Waals surface area contributed by atoms with Gasteiger partial charge in [0.25, 0.3) is 0 Å². The lowest BCUT2D eigenvalue weighted by Gasteiger charge is -2.35. The minimum absolute atomic E-state index is 0.0370. The molecule has 1 saturated heterocycles. The molecule has 25 heavy (non-hydrogen) atoms. The Labute approximate surface area is 150 Å². The van der Waals surface area contributed by atoms with Gasteiger partial charge in [0, 0.05) is 38.3 Å². The summed E-state index contributed by atoms with van der Waals surface area (Å²) in [6.45, 7) is 9.04. The molecule has 1 N–H and O–H groups in total. The minimum atomic E-state index is -0.0370. The van der Waals surface area contributed by atoms with Gasteiger partial charge in [0.1, 0.15) is 5.75 Å². The second-order valence-corrected chi connectivity index (χ2v) is 6.54. The summed E-state index contributed by atoms with van der Waals surface area (Å²) in [7, 11) is 1.63. The van der Waals surface area contributed by atoms with E-state index in [9.17, 15) is 9.59 Å². The van der Waals surface area contributed by atoms with E-state index in [1.807, 2.05) is 31.7 Å². The molecule has 2 rings (SSSR count). The highest BCUT2D eigenvalue weighted by Crippen LogP contribution is 2.25. The van der Waals surface area contributed by atoms with Crippen LogP contribution in [-0.2, 0) is 11.2 Å². The Morgan fingerprint density at radius 3 is 2.36 bits per heavy atom. The summed E-state index contributed by atoms with van der Waals surface area (Å²) < 4.78 is 5.45. The molecule has 1 aromatic carbocycles. The summed E-state index contributed by atoms with van der Waals surface area (Å²) in [4.78, 5) is 28.3. The number of amides is 3. The highest BCUT2D eigenvalue weighted by molar-refractivity contribution is 5.81. The lowest BCUT2D eigenvalue weighted by molar-refractivity contribution is -0.131. The summed E-state index contributed by atoms with van der Waals surface area (Å²) in [5.74, 6) is 0.849. The van der Waals surface area contributed by atoms with Gasteiger partial charge in [-0.3, -0.25) is 4.79 Å². The Morgan fingerprint density at radius 2 is 1.76 bits per heavy atom. The van der Waals surface area contributed by atoms with E-state index >= 15 is 0 Å². The molecule has 0 spiro atoms. The molecule has 0 radical (unpaired) electrons. The molecular weight excluding hydrogens is 318 g/mol. The molecule has 0 unspecified atom stereocenters. The highest BCUT2D eigenvalue weighted by atomic mass is 16.5. The van der Waals surface area contributed by atoms with Gasteiger partial charge in [-0.1, -0.05) is 13.0 Å². The van der Waals surface area contributed by atoms with Gasteiger partial charge in [-0.2, -0.15) is 0 Å². The first-order valence-corrected chi connectivity index (χ1v) is 8.91.